The Morgan fingerprint density at radius 3 is 2.44 bits per heavy atom. The number of nitrogens with zero attached hydrogens (tertiary/aromatic N) is 2. The van der Waals surface area contributed by atoms with Gasteiger partial charge in [-0.1, -0.05) is 25.7 Å². The van der Waals surface area contributed by atoms with E-state index in [4.69, 9.17) is 9.73 Å². The topological polar surface area (TPSA) is 48.9 Å². The fourth-order valence-corrected chi connectivity index (χ4v) is 3.86. The molecule has 0 radical (unpaired) electrons. The third-order valence-electron chi connectivity index (χ3n) is 5.54. The van der Waals surface area contributed by atoms with Gasteiger partial charge in [-0.3, -0.25) is 4.99 Å². The molecule has 0 bridgehead atoms. The molecule has 5 nitrogen and oxygen atoms in total. The first-order valence-electron chi connectivity index (χ1n) is 10.6. The Balaban J connectivity index is 1.60. The number of aliphatic imine (C=N–C) groups is 1. The summed E-state index contributed by atoms with van der Waals surface area (Å²) in [6.45, 7) is 8.06. The molecule has 0 spiro atoms. The number of ether oxygens (including phenoxy) is 1. The van der Waals surface area contributed by atoms with Crippen LogP contribution in [0.15, 0.2) is 4.99 Å². The summed E-state index contributed by atoms with van der Waals surface area (Å²) in [5.41, 5.74) is 0. The molecule has 0 aromatic rings. The second kappa shape index (κ2) is 12.5. The molecule has 0 amide bonds. The smallest absolute Gasteiger partial charge is 0.191 e. The Labute approximate surface area is 155 Å². The van der Waals surface area contributed by atoms with Crippen molar-refractivity contribution in [3.63, 3.8) is 0 Å². The van der Waals surface area contributed by atoms with Gasteiger partial charge in [0.2, 0.25) is 0 Å². The van der Waals surface area contributed by atoms with Crippen LogP contribution in [0.5, 0.6) is 0 Å². The Kier molecular flexibility index (Phi) is 10.3. The monoisotopic (exact) mass is 352 g/mol. The summed E-state index contributed by atoms with van der Waals surface area (Å²) >= 11 is 0. The summed E-state index contributed by atoms with van der Waals surface area (Å²) in [6, 6.07) is 0. The molecule has 1 aliphatic heterocycles. The standard InChI is InChI=1S/C20H40N4O/c1-3-21-20(22-13-10-18-11-15-24(2)16-12-18)23-14-17-25-19-8-6-4-5-7-9-19/h18-19H,3-17H2,1-2H3,(H2,21,22,23). The van der Waals surface area contributed by atoms with Crippen LogP contribution in [0.4, 0.5) is 0 Å². The number of rotatable bonds is 8. The van der Waals surface area contributed by atoms with Crippen LogP contribution in [0.25, 0.3) is 0 Å². The number of piperidine rings is 1. The van der Waals surface area contributed by atoms with Crippen LogP contribution >= 0.6 is 0 Å². The summed E-state index contributed by atoms with van der Waals surface area (Å²) in [7, 11) is 2.22. The van der Waals surface area contributed by atoms with E-state index in [1.807, 2.05) is 0 Å². The van der Waals surface area contributed by atoms with E-state index in [-0.39, 0.29) is 0 Å². The minimum absolute atomic E-state index is 0.480. The zero-order valence-electron chi connectivity index (χ0n) is 16.6. The van der Waals surface area contributed by atoms with Crippen LogP contribution in [0.1, 0.15) is 64.7 Å². The number of likely N-dealkylation sites (tertiary alicyclic amines) is 1. The lowest BCUT2D eigenvalue weighted by atomic mass is 9.94. The number of guanidine groups is 1. The third kappa shape index (κ3) is 8.91. The first-order chi connectivity index (χ1) is 12.3. The number of hydrogen-bond donors (Lipinski definition) is 2. The quantitative estimate of drug-likeness (QED) is 0.305. The molecule has 5 heteroatoms. The molecule has 25 heavy (non-hydrogen) atoms. The maximum Gasteiger partial charge on any atom is 0.191 e. The van der Waals surface area contributed by atoms with Gasteiger partial charge < -0.3 is 20.3 Å². The molecule has 2 N–H and O–H groups in total. The minimum Gasteiger partial charge on any atom is -0.376 e. The molecule has 2 rings (SSSR count). The van der Waals surface area contributed by atoms with E-state index in [9.17, 15) is 0 Å². The number of hydrogen-bond acceptors (Lipinski definition) is 3. The molecule has 2 aliphatic rings. The zero-order valence-corrected chi connectivity index (χ0v) is 16.6. The average Bonchev–Trinajstić information content (AvgIpc) is 2.89. The predicted molar refractivity (Wildman–Crippen MR) is 106 cm³/mol. The van der Waals surface area contributed by atoms with E-state index in [2.05, 4.69) is 29.5 Å². The van der Waals surface area contributed by atoms with E-state index in [0.29, 0.717) is 6.10 Å². The summed E-state index contributed by atoms with van der Waals surface area (Å²) in [5.74, 6) is 1.79. The van der Waals surface area contributed by atoms with Crippen LogP contribution in [0.3, 0.4) is 0 Å². The fourth-order valence-electron chi connectivity index (χ4n) is 3.86. The van der Waals surface area contributed by atoms with Crippen LogP contribution in [-0.2, 0) is 4.74 Å². The molecule has 1 saturated heterocycles. The fraction of sp³-hybridized carbons (Fsp3) is 0.950. The maximum absolute atomic E-state index is 6.05. The Hall–Kier alpha value is -0.810. The van der Waals surface area contributed by atoms with Crippen molar-refractivity contribution in [2.75, 3.05) is 46.4 Å². The molecule has 0 atom stereocenters. The highest BCUT2D eigenvalue weighted by atomic mass is 16.5. The largest absolute Gasteiger partial charge is 0.376 e. The van der Waals surface area contributed by atoms with E-state index < -0.39 is 0 Å². The molecule has 1 saturated carbocycles. The second-order valence-electron chi connectivity index (χ2n) is 7.71. The van der Waals surface area contributed by atoms with Crippen molar-refractivity contribution in [1.82, 2.24) is 15.5 Å². The Bertz CT molecular complexity index is 359. The summed E-state index contributed by atoms with van der Waals surface area (Å²) in [5, 5.41) is 6.78. The van der Waals surface area contributed by atoms with Gasteiger partial charge in [0.15, 0.2) is 5.96 Å². The molecular formula is C20H40N4O. The molecule has 0 aromatic carbocycles. The Morgan fingerprint density at radius 1 is 1.04 bits per heavy atom. The van der Waals surface area contributed by atoms with Crippen LogP contribution in [0.2, 0.25) is 0 Å². The van der Waals surface area contributed by atoms with E-state index in [1.54, 1.807) is 0 Å². The van der Waals surface area contributed by atoms with Gasteiger partial charge in [0.25, 0.3) is 0 Å². The molecule has 1 heterocycles. The van der Waals surface area contributed by atoms with Crippen molar-refractivity contribution in [3.05, 3.63) is 0 Å². The Morgan fingerprint density at radius 2 is 1.76 bits per heavy atom. The molecular weight excluding hydrogens is 312 g/mol. The molecule has 0 unspecified atom stereocenters. The van der Waals surface area contributed by atoms with Crippen molar-refractivity contribution < 1.29 is 4.74 Å². The summed E-state index contributed by atoms with van der Waals surface area (Å²) < 4.78 is 6.05. The SMILES string of the molecule is CCNC(=NCCC1CCN(C)CC1)NCCOC1CCCCCC1. The summed E-state index contributed by atoms with van der Waals surface area (Å²) in [6.07, 6.45) is 12.3. The van der Waals surface area contributed by atoms with Crippen molar-refractivity contribution in [2.24, 2.45) is 10.9 Å². The normalized spacial score (nSPS) is 21.9. The first kappa shape index (κ1) is 20.5. The zero-order chi connectivity index (χ0) is 17.7. The van der Waals surface area contributed by atoms with Crippen molar-refractivity contribution in [2.45, 2.75) is 70.8 Å². The van der Waals surface area contributed by atoms with Gasteiger partial charge in [0.05, 0.1) is 12.7 Å². The lowest BCUT2D eigenvalue weighted by Gasteiger charge is -2.28. The van der Waals surface area contributed by atoms with E-state index in [0.717, 1.165) is 38.1 Å². The average molecular weight is 353 g/mol. The second-order valence-corrected chi connectivity index (χ2v) is 7.71. The lowest BCUT2D eigenvalue weighted by molar-refractivity contribution is 0.0468. The summed E-state index contributed by atoms with van der Waals surface area (Å²) in [4.78, 5) is 7.18. The third-order valence-corrected chi connectivity index (χ3v) is 5.54. The van der Waals surface area contributed by atoms with Gasteiger partial charge in [-0.25, -0.2) is 0 Å². The number of nitrogens with one attached hydrogen (secondary N) is 2. The van der Waals surface area contributed by atoms with Gasteiger partial charge in [-0.15, -0.1) is 0 Å². The van der Waals surface area contributed by atoms with Gasteiger partial charge in [-0.05, 0) is 65.1 Å². The molecule has 2 fully saturated rings. The van der Waals surface area contributed by atoms with Gasteiger partial charge in [0.1, 0.15) is 0 Å². The van der Waals surface area contributed by atoms with E-state index >= 15 is 0 Å². The van der Waals surface area contributed by atoms with Gasteiger partial charge in [0, 0.05) is 19.6 Å². The highest BCUT2D eigenvalue weighted by Gasteiger charge is 2.16. The van der Waals surface area contributed by atoms with Gasteiger partial charge >= 0.3 is 0 Å². The first-order valence-corrected chi connectivity index (χ1v) is 10.6. The van der Waals surface area contributed by atoms with Crippen LogP contribution in [0, 0.1) is 5.92 Å². The minimum atomic E-state index is 0.480. The van der Waals surface area contributed by atoms with E-state index in [1.165, 1.54) is 70.9 Å². The predicted octanol–water partition coefficient (Wildman–Crippen LogP) is 3.01. The molecule has 0 aromatic heterocycles. The highest BCUT2D eigenvalue weighted by molar-refractivity contribution is 5.79. The van der Waals surface area contributed by atoms with Gasteiger partial charge in [-0.2, -0.15) is 0 Å². The highest BCUT2D eigenvalue weighted by Crippen LogP contribution is 2.20. The lowest BCUT2D eigenvalue weighted by Crippen LogP contribution is -2.39. The van der Waals surface area contributed by atoms with Crippen molar-refractivity contribution in [1.29, 1.82) is 0 Å². The van der Waals surface area contributed by atoms with Crippen molar-refractivity contribution in [3.8, 4) is 0 Å². The maximum atomic E-state index is 6.05. The molecule has 146 valence electrons. The molecule has 1 aliphatic carbocycles. The van der Waals surface area contributed by atoms with Crippen molar-refractivity contribution >= 4 is 5.96 Å². The van der Waals surface area contributed by atoms with Crippen LogP contribution in [-0.4, -0.2) is 63.3 Å². The van der Waals surface area contributed by atoms with Crippen LogP contribution < -0.4 is 10.6 Å².